The van der Waals surface area contributed by atoms with Gasteiger partial charge in [0.15, 0.2) is 0 Å². The van der Waals surface area contributed by atoms with Crippen LogP contribution in [-0.2, 0) is 10.0 Å². The minimum Gasteiger partial charge on any atom is -0.364 e. The Hall–Kier alpha value is -1.18. The molecule has 2 rings (SSSR count). The molecular formula is C12H18FN3O2S. The number of nitrogens with two attached hydrogens (primary N) is 1. The van der Waals surface area contributed by atoms with Crippen molar-refractivity contribution in [2.75, 3.05) is 24.5 Å². The van der Waals surface area contributed by atoms with Crippen LogP contribution in [0.15, 0.2) is 23.1 Å². The number of sulfonamides is 1. The second kappa shape index (κ2) is 5.44. The highest BCUT2D eigenvalue weighted by molar-refractivity contribution is 7.89. The van der Waals surface area contributed by atoms with Crippen LogP contribution in [0.2, 0.25) is 0 Å². The van der Waals surface area contributed by atoms with Gasteiger partial charge in [0.1, 0.15) is 5.82 Å². The predicted octanol–water partition coefficient (Wildman–Crippen LogP) is 0.661. The Kier molecular flexibility index (Phi) is 4.07. The summed E-state index contributed by atoms with van der Waals surface area (Å²) in [6.07, 6.45) is 0.896. The van der Waals surface area contributed by atoms with E-state index in [0.29, 0.717) is 5.69 Å². The van der Waals surface area contributed by atoms with Crippen molar-refractivity contribution in [3.05, 3.63) is 24.0 Å². The zero-order valence-corrected chi connectivity index (χ0v) is 11.6. The van der Waals surface area contributed by atoms with Crippen LogP contribution in [0.1, 0.15) is 13.3 Å². The molecule has 1 heterocycles. The molecule has 0 saturated carbocycles. The molecule has 0 spiro atoms. The van der Waals surface area contributed by atoms with Crippen LogP contribution in [0, 0.1) is 5.82 Å². The van der Waals surface area contributed by atoms with Crippen LogP contribution in [0.4, 0.5) is 10.1 Å². The van der Waals surface area contributed by atoms with E-state index in [1.165, 1.54) is 12.1 Å². The summed E-state index contributed by atoms with van der Waals surface area (Å²) in [5.74, 6) is -0.549. The smallest absolute Gasteiger partial charge is 0.238 e. The molecule has 106 valence electrons. The molecule has 0 radical (unpaired) electrons. The van der Waals surface area contributed by atoms with Gasteiger partial charge in [-0.05, 0) is 24.6 Å². The molecule has 3 N–H and O–H groups in total. The number of halogens is 1. The summed E-state index contributed by atoms with van der Waals surface area (Å²) in [5, 5.41) is 8.13. The summed E-state index contributed by atoms with van der Waals surface area (Å²) in [6, 6.07) is 4.08. The van der Waals surface area contributed by atoms with Crippen LogP contribution in [-0.4, -0.2) is 34.1 Å². The number of benzene rings is 1. The zero-order valence-electron chi connectivity index (χ0n) is 10.8. The molecule has 7 heteroatoms. The van der Waals surface area contributed by atoms with Gasteiger partial charge in [-0.1, -0.05) is 6.92 Å². The van der Waals surface area contributed by atoms with Crippen LogP contribution >= 0.6 is 0 Å². The lowest BCUT2D eigenvalue weighted by atomic mass is 10.1. The van der Waals surface area contributed by atoms with Gasteiger partial charge in [0.05, 0.1) is 16.6 Å². The van der Waals surface area contributed by atoms with Gasteiger partial charge in [-0.25, -0.2) is 17.9 Å². The van der Waals surface area contributed by atoms with Crippen molar-refractivity contribution in [1.82, 2.24) is 5.32 Å². The standard InChI is InChI=1S/C12H18FN3O2S/c1-2-5-16(9-7-15-8-9)12-4-3-10(6-11(12)13)19(14,17)18/h3-4,6,9,15H,2,5,7-8H2,1H3,(H2,14,17,18). The molecule has 5 nitrogen and oxygen atoms in total. The van der Waals surface area contributed by atoms with Crippen LogP contribution in [0.3, 0.4) is 0 Å². The average molecular weight is 287 g/mol. The number of hydrogen-bond acceptors (Lipinski definition) is 4. The molecule has 0 atom stereocenters. The van der Waals surface area contributed by atoms with Gasteiger partial charge in [0.2, 0.25) is 10.0 Å². The summed E-state index contributed by atoms with van der Waals surface area (Å²) in [6.45, 7) is 4.39. The highest BCUT2D eigenvalue weighted by atomic mass is 32.2. The quantitative estimate of drug-likeness (QED) is 0.834. The van der Waals surface area contributed by atoms with E-state index in [4.69, 9.17) is 5.14 Å². The van der Waals surface area contributed by atoms with E-state index in [1.54, 1.807) is 0 Å². The molecule has 1 saturated heterocycles. The maximum atomic E-state index is 14.1. The van der Waals surface area contributed by atoms with Crippen molar-refractivity contribution in [2.24, 2.45) is 5.14 Å². The van der Waals surface area contributed by atoms with Gasteiger partial charge >= 0.3 is 0 Å². The Bertz CT molecular complexity index is 558. The Morgan fingerprint density at radius 1 is 1.47 bits per heavy atom. The number of primary sulfonamides is 1. The Labute approximate surface area is 112 Å². The third-order valence-electron chi connectivity index (χ3n) is 3.22. The van der Waals surface area contributed by atoms with E-state index in [1.807, 2.05) is 11.8 Å². The van der Waals surface area contributed by atoms with Crippen molar-refractivity contribution >= 4 is 15.7 Å². The molecule has 0 amide bonds. The van der Waals surface area contributed by atoms with E-state index in [9.17, 15) is 12.8 Å². The minimum atomic E-state index is -3.86. The summed E-state index contributed by atoms with van der Waals surface area (Å²) in [4.78, 5) is 1.77. The van der Waals surface area contributed by atoms with Crippen LogP contribution < -0.4 is 15.4 Å². The lowest BCUT2D eigenvalue weighted by Gasteiger charge is -2.40. The topological polar surface area (TPSA) is 75.4 Å². The molecule has 19 heavy (non-hydrogen) atoms. The highest BCUT2D eigenvalue weighted by Gasteiger charge is 2.26. The molecule has 1 fully saturated rings. The van der Waals surface area contributed by atoms with Gasteiger partial charge in [0, 0.05) is 19.6 Å². The monoisotopic (exact) mass is 287 g/mol. The third-order valence-corrected chi connectivity index (χ3v) is 4.13. The fourth-order valence-corrected chi connectivity index (χ4v) is 2.66. The normalized spacial score (nSPS) is 16.2. The van der Waals surface area contributed by atoms with E-state index in [2.05, 4.69) is 5.32 Å². The first-order valence-corrected chi connectivity index (χ1v) is 7.78. The van der Waals surface area contributed by atoms with Crippen LogP contribution in [0.25, 0.3) is 0 Å². The largest absolute Gasteiger partial charge is 0.364 e. The summed E-state index contributed by atoms with van der Waals surface area (Å²) in [7, 11) is -3.86. The first-order valence-electron chi connectivity index (χ1n) is 6.23. The van der Waals surface area contributed by atoms with Gasteiger partial charge in [-0.2, -0.15) is 0 Å². The summed E-state index contributed by atoms with van der Waals surface area (Å²) >= 11 is 0. The van der Waals surface area contributed by atoms with Gasteiger partial charge in [0.25, 0.3) is 0 Å². The first-order chi connectivity index (χ1) is 8.93. The molecule has 0 aliphatic carbocycles. The van der Waals surface area contributed by atoms with E-state index >= 15 is 0 Å². The summed E-state index contributed by atoms with van der Waals surface area (Å²) in [5.41, 5.74) is 0.431. The zero-order chi connectivity index (χ0) is 14.0. The lowest BCUT2D eigenvalue weighted by molar-refractivity contribution is 0.408. The van der Waals surface area contributed by atoms with E-state index in [-0.39, 0.29) is 10.9 Å². The van der Waals surface area contributed by atoms with Gasteiger partial charge in [-0.3, -0.25) is 0 Å². The lowest BCUT2D eigenvalue weighted by Crippen LogP contribution is -2.57. The second-order valence-electron chi connectivity index (χ2n) is 4.66. The first kappa shape index (κ1) is 14.2. The molecule has 1 aromatic carbocycles. The Morgan fingerprint density at radius 2 is 2.16 bits per heavy atom. The van der Waals surface area contributed by atoms with Crippen molar-refractivity contribution < 1.29 is 12.8 Å². The van der Waals surface area contributed by atoms with Crippen molar-refractivity contribution in [2.45, 2.75) is 24.3 Å². The number of rotatable bonds is 5. The predicted molar refractivity (Wildman–Crippen MR) is 72.1 cm³/mol. The van der Waals surface area contributed by atoms with Crippen molar-refractivity contribution in [3.63, 3.8) is 0 Å². The van der Waals surface area contributed by atoms with E-state index in [0.717, 1.165) is 32.1 Å². The highest BCUT2D eigenvalue weighted by Crippen LogP contribution is 2.25. The average Bonchev–Trinajstić information content (AvgIpc) is 2.24. The Balaban J connectivity index is 2.32. The maximum Gasteiger partial charge on any atom is 0.238 e. The molecule has 0 bridgehead atoms. The fourth-order valence-electron chi connectivity index (χ4n) is 2.13. The molecule has 1 aliphatic heterocycles. The van der Waals surface area contributed by atoms with Gasteiger partial charge < -0.3 is 10.2 Å². The molecule has 0 unspecified atom stereocenters. The minimum absolute atomic E-state index is 0.197. The van der Waals surface area contributed by atoms with Crippen molar-refractivity contribution in [1.29, 1.82) is 0 Å². The number of nitrogens with one attached hydrogen (secondary N) is 1. The van der Waals surface area contributed by atoms with Crippen LogP contribution in [0.5, 0.6) is 0 Å². The summed E-state index contributed by atoms with van der Waals surface area (Å²) < 4.78 is 36.5. The number of hydrogen-bond donors (Lipinski definition) is 2. The van der Waals surface area contributed by atoms with Gasteiger partial charge in [-0.15, -0.1) is 0 Å². The second-order valence-corrected chi connectivity index (χ2v) is 6.23. The Morgan fingerprint density at radius 3 is 2.58 bits per heavy atom. The molecular weight excluding hydrogens is 269 g/mol. The molecule has 0 aromatic heterocycles. The molecule has 1 aromatic rings. The third kappa shape index (κ3) is 3.05. The fraction of sp³-hybridized carbons (Fsp3) is 0.500. The van der Waals surface area contributed by atoms with Crippen molar-refractivity contribution in [3.8, 4) is 0 Å². The SMILES string of the molecule is CCCN(c1ccc(S(N)(=O)=O)cc1F)C1CNC1. The number of anilines is 1. The van der Waals surface area contributed by atoms with E-state index < -0.39 is 15.8 Å². The molecule has 1 aliphatic rings. The number of nitrogens with zero attached hydrogens (tertiary/aromatic N) is 1. The maximum absolute atomic E-state index is 14.1.